The number of alkyl halides is 1. The summed E-state index contributed by atoms with van der Waals surface area (Å²) in [5, 5.41) is 0. The van der Waals surface area contributed by atoms with Gasteiger partial charge in [0.15, 0.2) is 0 Å². The SMILES string of the molecule is CCc1ccccc1-n1c(CCl)nc2c(C)cccc21. The standard InChI is InChI=1S/C17H17ClN2/c1-3-13-8-4-5-9-14(13)20-15-10-6-7-12(2)17(15)19-16(20)11-18/h4-10H,3,11H2,1-2H3. The van der Waals surface area contributed by atoms with Crippen molar-refractivity contribution in [3.05, 3.63) is 59.4 Å². The Balaban J connectivity index is 2.37. The minimum atomic E-state index is 0.409. The fraction of sp³-hybridized carbons (Fsp3) is 0.235. The van der Waals surface area contributed by atoms with E-state index in [0.29, 0.717) is 5.88 Å². The monoisotopic (exact) mass is 284 g/mol. The van der Waals surface area contributed by atoms with Crippen LogP contribution in [0.25, 0.3) is 16.7 Å². The molecule has 20 heavy (non-hydrogen) atoms. The van der Waals surface area contributed by atoms with Gasteiger partial charge in [0.2, 0.25) is 0 Å². The Morgan fingerprint density at radius 1 is 1.10 bits per heavy atom. The second kappa shape index (κ2) is 5.29. The Kier molecular flexibility index (Phi) is 3.49. The molecule has 0 N–H and O–H groups in total. The average Bonchev–Trinajstić information content (AvgIpc) is 2.87. The summed E-state index contributed by atoms with van der Waals surface area (Å²) in [6.07, 6.45) is 0.989. The first kappa shape index (κ1) is 13.2. The van der Waals surface area contributed by atoms with Crippen molar-refractivity contribution < 1.29 is 0 Å². The molecule has 0 atom stereocenters. The first-order valence-electron chi connectivity index (χ1n) is 6.87. The summed E-state index contributed by atoms with van der Waals surface area (Å²) < 4.78 is 2.19. The predicted molar refractivity (Wildman–Crippen MR) is 84.7 cm³/mol. The molecule has 3 heteroatoms. The van der Waals surface area contributed by atoms with Crippen molar-refractivity contribution in [3.8, 4) is 5.69 Å². The van der Waals surface area contributed by atoms with Gasteiger partial charge in [0, 0.05) is 0 Å². The van der Waals surface area contributed by atoms with Gasteiger partial charge < -0.3 is 0 Å². The smallest absolute Gasteiger partial charge is 0.129 e. The molecule has 1 heterocycles. The van der Waals surface area contributed by atoms with Crippen LogP contribution in [0, 0.1) is 6.92 Å². The van der Waals surface area contributed by atoms with Crippen LogP contribution in [0.1, 0.15) is 23.9 Å². The van der Waals surface area contributed by atoms with Crippen LogP contribution in [0.3, 0.4) is 0 Å². The molecule has 0 saturated carbocycles. The summed E-state index contributed by atoms with van der Waals surface area (Å²) in [4.78, 5) is 4.71. The second-order valence-corrected chi connectivity index (χ2v) is 5.19. The van der Waals surface area contributed by atoms with E-state index in [-0.39, 0.29) is 0 Å². The zero-order valence-electron chi connectivity index (χ0n) is 11.7. The Bertz CT molecular complexity index is 759. The molecule has 0 fully saturated rings. The maximum absolute atomic E-state index is 6.12. The molecule has 0 unspecified atom stereocenters. The van der Waals surface area contributed by atoms with Crippen molar-refractivity contribution >= 4 is 22.6 Å². The Morgan fingerprint density at radius 3 is 2.65 bits per heavy atom. The lowest BCUT2D eigenvalue weighted by Gasteiger charge is -2.12. The normalized spacial score (nSPS) is 11.2. The van der Waals surface area contributed by atoms with Crippen molar-refractivity contribution in [1.29, 1.82) is 0 Å². The lowest BCUT2D eigenvalue weighted by molar-refractivity contribution is 0.955. The number of benzene rings is 2. The summed E-state index contributed by atoms with van der Waals surface area (Å²) in [7, 11) is 0. The molecule has 102 valence electrons. The second-order valence-electron chi connectivity index (χ2n) is 4.92. The molecule has 0 saturated heterocycles. The highest BCUT2D eigenvalue weighted by Crippen LogP contribution is 2.26. The van der Waals surface area contributed by atoms with Crippen molar-refractivity contribution in [2.75, 3.05) is 0 Å². The lowest BCUT2D eigenvalue weighted by atomic mass is 10.1. The van der Waals surface area contributed by atoms with E-state index >= 15 is 0 Å². The summed E-state index contributed by atoms with van der Waals surface area (Å²) in [5.74, 6) is 1.31. The van der Waals surface area contributed by atoms with Crippen LogP contribution in [0.4, 0.5) is 0 Å². The molecule has 0 aliphatic heterocycles. The van der Waals surface area contributed by atoms with Crippen LogP contribution in [0.2, 0.25) is 0 Å². The molecule has 0 aliphatic rings. The highest BCUT2D eigenvalue weighted by molar-refractivity contribution is 6.17. The molecule has 2 nitrogen and oxygen atoms in total. The summed E-state index contributed by atoms with van der Waals surface area (Å²) in [5.41, 5.74) is 5.83. The fourth-order valence-electron chi connectivity index (χ4n) is 2.67. The maximum atomic E-state index is 6.12. The summed E-state index contributed by atoms with van der Waals surface area (Å²) in [6.45, 7) is 4.26. The van der Waals surface area contributed by atoms with Crippen molar-refractivity contribution in [3.63, 3.8) is 0 Å². The lowest BCUT2D eigenvalue weighted by Crippen LogP contribution is -2.02. The van der Waals surface area contributed by atoms with Crippen molar-refractivity contribution in [1.82, 2.24) is 9.55 Å². The quantitative estimate of drug-likeness (QED) is 0.641. The molecule has 3 aromatic rings. The van der Waals surface area contributed by atoms with Gasteiger partial charge in [-0.05, 0) is 36.6 Å². The van der Waals surface area contributed by atoms with Crippen LogP contribution in [0.5, 0.6) is 0 Å². The highest BCUT2D eigenvalue weighted by atomic mass is 35.5. The van der Waals surface area contributed by atoms with Gasteiger partial charge in [-0.3, -0.25) is 4.57 Å². The Labute approximate surface area is 124 Å². The van der Waals surface area contributed by atoms with Gasteiger partial charge in [-0.1, -0.05) is 37.3 Å². The van der Waals surface area contributed by atoms with E-state index in [1.54, 1.807) is 0 Å². The predicted octanol–water partition coefficient (Wildman–Crippen LogP) is 4.64. The van der Waals surface area contributed by atoms with Gasteiger partial charge in [-0.2, -0.15) is 0 Å². The largest absolute Gasteiger partial charge is 0.295 e. The molecule has 0 amide bonds. The molecule has 3 rings (SSSR count). The summed E-state index contributed by atoms with van der Waals surface area (Å²) in [6, 6.07) is 14.7. The van der Waals surface area contributed by atoms with Gasteiger partial charge in [-0.25, -0.2) is 4.98 Å². The number of imidazole rings is 1. The number of halogens is 1. The number of hydrogen-bond acceptors (Lipinski definition) is 1. The number of fused-ring (bicyclic) bond motifs is 1. The van der Waals surface area contributed by atoms with E-state index in [2.05, 4.69) is 60.9 Å². The van der Waals surface area contributed by atoms with Gasteiger partial charge >= 0.3 is 0 Å². The number of para-hydroxylation sites is 2. The van der Waals surface area contributed by atoms with E-state index in [0.717, 1.165) is 23.3 Å². The van der Waals surface area contributed by atoms with Crippen molar-refractivity contribution in [2.24, 2.45) is 0 Å². The number of nitrogens with zero attached hydrogens (tertiary/aromatic N) is 2. The van der Waals surface area contributed by atoms with Crippen LogP contribution >= 0.6 is 11.6 Å². The van der Waals surface area contributed by atoms with Crippen molar-refractivity contribution in [2.45, 2.75) is 26.1 Å². The number of hydrogen-bond donors (Lipinski definition) is 0. The molecular weight excluding hydrogens is 268 g/mol. The molecule has 0 aliphatic carbocycles. The van der Waals surface area contributed by atoms with Gasteiger partial charge in [0.25, 0.3) is 0 Å². The van der Waals surface area contributed by atoms with Gasteiger partial charge in [0.05, 0.1) is 22.6 Å². The zero-order valence-corrected chi connectivity index (χ0v) is 12.5. The zero-order chi connectivity index (χ0) is 14.1. The van der Waals surface area contributed by atoms with Crippen LogP contribution in [0.15, 0.2) is 42.5 Å². The van der Waals surface area contributed by atoms with Crippen LogP contribution in [-0.4, -0.2) is 9.55 Å². The minimum absolute atomic E-state index is 0.409. The molecule has 2 aromatic carbocycles. The number of aryl methyl sites for hydroxylation is 2. The number of aromatic nitrogens is 2. The third-order valence-electron chi connectivity index (χ3n) is 3.69. The van der Waals surface area contributed by atoms with E-state index < -0.39 is 0 Å². The van der Waals surface area contributed by atoms with Gasteiger partial charge in [-0.15, -0.1) is 11.6 Å². The first-order chi connectivity index (χ1) is 9.76. The Hall–Kier alpha value is -1.80. The maximum Gasteiger partial charge on any atom is 0.129 e. The third kappa shape index (κ3) is 2.01. The molecule has 0 spiro atoms. The fourth-order valence-corrected chi connectivity index (χ4v) is 2.85. The minimum Gasteiger partial charge on any atom is -0.295 e. The van der Waals surface area contributed by atoms with E-state index in [9.17, 15) is 0 Å². The topological polar surface area (TPSA) is 17.8 Å². The molecule has 0 radical (unpaired) electrons. The third-order valence-corrected chi connectivity index (χ3v) is 3.93. The summed E-state index contributed by atoms with van der Waals surface area (Å²) >= 11 is 6.12. The van der Waals surface area contributed by atoms with E-state index in [1.807, 2.05) is 0 Å². The molecule has 1 aromatic heterocycles. The Morgan fingerprint density at radius 2 is 1.90 bits per heavy atom. The first-order valence-corrected chi connectivity index (χ1v) is 7.41. The van der Waals surface area contributed by atoms with E-state index in [1.165, 1.54) is 16.8 Å². The van der Waals surface area contributed by atoms with Gasteiger partial charge in [0.1, 0.15) is 5.82 Å². The average molecular weight is 285 g/mol. The molecule has 0 bridgehead atoms. The number of rotatable bonds is 3. The van der Waals surface area contributed by atoms with E-state index in [4.69, 9.17) is 16.6 Å². The van der Waals surface area contributed by atoms with Crippen LogP contribution < -0.4 is 0 Å². The highest BCUT2D eigenvalue weighted by Gasteiger charge is 2.14. The molecular formula is C17H17ClN2. The van der Waals surface area contributed by atoms with Crippen LogP contribution in [-0.2, 0) is 12.3 Å².